The number of rotatable bonds is 2. The number of hydrogen-bond donors (Lipinski definition) is 0. The van der Waals surface area contributed by atoms with Gasteiger partial charge in [0.2, 0.25) is 0 Å². The third kappa shape index (κ3) is 2.44. The van der Waals surface area contributed by atoms with Crippen molar-refractivity contribution in [1.29, 1.82) is 0 Å². The molecular formula is C27H22. The fraction of sp³-hybridized carbons (Fsp3) is 0.111. The van der Waals surface area contributed by atoms with Crippen LogP contribution in [0.3, 0.4) is 0 Å². The van der Waals surface area contributed by atoms with Gasteiger partial charge in [0.25, 0.3) is 0 Å². The Hall–Kier alpha value is -3.12. The first-order chi connectivity index (χ1) is 13.3. The third-order valence-electron chi connectivity index (χ3n) is 5.61. The third-order valence-corrected chi connectivity index (χ3v) is 5.61. The summed E-state index contributed by atoms with van der Waals surface area (Å²) >= 11 is 0. The van der Waals surface area contributed by atoms with E-state index in [4.69, 9.17) is 0 Å². The molecule has 5 rings (SSSR count). The minimum Gasteiger partial charge on any atom is -0.0616 e. The number of benzene rings is 5. The molecular weight excluding hydrogens is 324 g/mol. The van der Waals surface area contributed by atoms with E-state index in [9.17, 15) is 0 Å². The Morgan fingerprint density at radius 2 is 0.963 bits per heavy atom. The van der Waals surface area contributed by atoms with Crippen molar-refractivity contribution in [2.75, 3.05) is 0 Å². The molecule has 0 saturated heterocycles. The van der Waals surface area contributed by atoms with Gasteiger partial charge in [-0.05, 0) is 54.9 Å². The zero-order valence-corrected chi connectivity index (χ0v) is 15.7. The van der Waals surface area contributed by atoms with Gasteiger partial charge in [0.15, 0.2) is 0 Å². The summed E-state index contributed by atoms with van der Waals surface area (Å²) in [5.74, 6) is 0.473. The van der Waals surface area contributed by atoms with Gasteiger partial charge in [0.1, 0.15) is 0 Å². The highest BCUT2D eigenvalue weighted by Crippen LogP contribution is 2.43. The fourth-order valence-corrected chi connectivity index (χ4v) is 4.52. The van der Waals surface area contributed by atoms with E-state index in [-0.39, 0.29) is 0 Å². The molecule has 0 heteroatoms. The van der Waals surface area contributed by atoms with E-state index >= 15 is 0 Å². The topological polar surface area (TPSA) is 0 Å². The molecule has 5 aromatic rings. The standard InChI is InChI=1S/C27H22/c1-18(2)26-22-13-5-7-15-24(22)27(25-16-8-6-14-23(25)26)21-17-9-11-19-10-3-4-12-20(19)21/h3-18H,1-2H3. The van der Waals surface area contributed by atoms with Crippen molar-refractivity contribution in [2.45, 2.75) is 19.8 Å². The Bertz CT molecular complexity index is 1230. The molecule has 0 aliphatic rings. The minimum atomic E-state index is 0.473. The van der Waals surface area contributed by atoms with Crippen molar-refractivity contribution in [3.05, 3.63) is 96.6 Å². The van der Waals surface area contributed by atoms with Crippen molar-refractivity contribution in [1.82, 2.24) is 0 Å². The van der Waals surface area contributed by atoms with E-state index in [2.05, 4.69) is 105 Å². The van der Waals surface area contributed by atoms with Crippen LogP contribution < -0.4 is 0 Å². The van der Waals surface area contributed by atoms with Crippen LogP contribution in [0.2, 0.25) is 0 Å². The molecule has 0 aliphatic carbocycles. The zero-order chi connectivity index (χ0) is 18.4. The monoisotopic (exact) mass is 346 g/mol. The van der Waals surface area contributed by atoms with Crippen molar-refractivity contribution in [2.24, 2.45) is 0 Å². The first kappa shape index (κ1) is 16.1. The Labute approximate surface area is 160 Å². The normalized spacial score (nSPS) is 11.7. The van der Waals surface area contributed by atoms with Crippen LogP contribution in [0.15, 0.2) is 91.0 Å². The van der Waals surface area contributed by atoms with E-state index in [0.29, 0.717) is 5.92 Å². The Morgan fingerprint density at radius 1 is 0.481 bits per heavy atom. The zero-order valence-electron chi connectivity index (χ0n) is 15.7. The molecule has 0 atom stereocenters. The van der Waals surface area contributed by atoms with Gasteiger partial charge in [-0.25, -0.2) is 0 Å². The number of fused-ring (bicyclic) bond motifs is 3. The Balaban J connectivity index is 2.05. The van der Waals surface area contributed by atoms with E-state index in [1.54, 1.807) is 0 Å². The summed E-state index contributed by atoms with van der Waals surface area (Å²) in [4.78, 5) is 0. The van der Waals surface area contributed by atoms with Gasteiger partial charge < -0.3 is 0 Å². The van der Waals surface area contributed by atoms with Crippen LogP contribution in [-0.4, -0.2) is 0 Å². The molecule has 5 aromatic carbocycles. The van der Waals surface area contributed by atoms with Crippen LogP contribution in [0.5, 0.6) is 0 Å². The predicted octanol–water partition coefficient (Wildman–Crippen LogP) is 7.94. The van der Waals surface area contributed by atoms with Gasteiger partial charge in [-0.15, -0.1) is 0 Å². The first-order valence-electron chi connectivity index (χ1n) is 9.67. The summed E-state index contributed by atoms with van der Waals surface area (Å²) < 4.78 is 0. The molecule has 0 fully saturated rings. The van der Waals surface area contributed by atoms with Crippen molar-refractivity contribution < 1.29 is 0 Å². The second kappa shape index (κ2) is 6.25. The molecule has 0 nitrogen and oxygen atoms in total. The van der Waals surface area contributed by atoms with Gasteiger partial charge in [0, 0.05) is 0 Å². The lowest BCUT2D eigenvalue weighted by Crippen LogP contribution is -1.95. The second-order valence-corrected chi connectivity index (χ2v) is 7.56. The van der Waals surface area contributed by atoms with Gasteiger partial charge in [-0.3, -0.25) is 0 Å². The lowest BCUT2D eigenvalue weighted by Gasteiger charge is -2.20. The first-order valence-corrected chi connectivity index (χ1v) is 9.67. The maximum absolute atomic E-state index is 2.30. The molecule has 0 radical (unpaired) electrons. The minimum absolute atomic E-state index is 0.473. The van der Waals surface area contributed by atoms with Crippen molar-refractivity contribution in [3.63, 3.8) is 0 Å². The lowest BCUT2D eigenvalue weighted by atomic mass is 9.84. The van der Waals surface area contributed by atoms with Crippen LogP contribution in [0, 0.1) is 0 Å². The molecule has 0 aliphatic heterocycles. The average molecular weight is 346 g/mol. The molecule has 0 spiro atoms. The molecule has 27 heavy (non-hydrogen) atoms. The maximum Gasteiger partial charge on any atom is -0.00204 e. The molecule has 0 heterocycles. The van der Waals surface area contributed by atoms with Crippen LogP contribution >= 0.6 is 0 Å². The molecule has 130 valence electrons. The quantitative estimate of drug-likeness (QED) is 0.285. The van der Waals surface area contributed by atoms with Crippen molar-refractivity contribution in [3.8, 4) is 11.1 Å². The highest BCUT2D eigenvalue weighted by molar-refractivity contribution is 6.18. The summed E-state index contributed by atoms with van der Waals surface area (Å²) in [7, 11) is 0. The fourth-order valence-electron chi connectivity index (χ4n) is 4.52. The summed E-state index contributed by atoms with van der Waals surface area (Å²) in [6.45, 7) is 4.59. The predicted molar refractivity (Wildman–Crippen MR) is 118 cm³/mol. The lowest BCUT2D eigenvalue weighted by molar-refractivity contribution is 0.885. The van der Waals surface area contributed by atoms with Gasteiger partial charge in [-0.2, -0.15) is 0 Å². The van der Waals surface area contributed by atoms with Crippen LogP contribution in [0.1, 0.15) is 25.3 Å². The maximum atomic E-state index is 2.30. The summed E-state index contributed by atoms with van der Waals surface area (Å²) in [6, 6.07) is 33.1. The average Bonchev–Trinajstić information content (AvgIpc) is 2.71. The summed E-state index contributed by atoms with van der Waals surface area (Å²) in [6.07, 6.45) is 0. The molecule has 0 bridgehead atoms. The van der Waals surface area contributed by atoms with Crippen LogP contribution in [0.4, 0.5) is 0 Å². The van der Waals surface area contributed by atoms with E-state index in [1.165, 1.54) is 49.0 Å². The van der Waals surface area contributed by atoms with Gasteiger partial charge in [0.05, 0.1) is 0 Å². The molecule has 0 aromatic heterocycles. The number of hydrogen-bond acceptors (Lipinski definition) is 0. The SMILES string of the molecule is CC(C)c1c2ccccc2c(-c2cccc3ccccc23)c2ccccc12. The van der Waals surface area contributed by atoms with Gasteiger partial charge in [-0.1, -0.05) is 105 Å². The highest BCUT2D eigenvalue weighted by Gasteiger charge is 2.17. The highest BCUT2D eigenvalue weighted by atomic mass is 14.2. The van der Waals surface area contributed by atoms with Crippen molar-refractivity contribution >= 4 is 32.3 Å². The summed E-state index contributed by atoms with van der Waals surface area (Å²) in [5.41, 5.74) is 4.11. The van der Waals surface area contributed by atoms with E-state index in [0.717, 1.165) is 0 Å². The van der Waals surface area contributed by atoms with Crippen LogP contribution in [-0.2, 0) is 0 Å². The van der Waals surface area contributed by atoms with E-state index < -0.39 is 0 Å². The Morgan fingerprint density at radius 3 is 1.56 bits per heavy atom. The molecule has 0 N–H and O–H groups in total. The second-order valence-electron chi connectivity index (χ2n) is 7.56. The van der Waals surface area contributed by atoms with Crippen LogP contribution in [0.25, 0.3) is 43.4 Å². The Kier molecular flexibility index (Phi) is 3.72. The van der Waals surface area contributed by atoms with Gasteiger partial charge >= 0.3 is 0 Å². The smallest absolute Gasteiger partial charge is 0.00204 e. The molecule has 0 unspecified atom stereocenters. The molecule has 0 amide bonds. The summed E-state index contributed by atoms with van der Waals surface area (Å²) in [5, 5.41) is 8.03. The van der Waals surface area contributed by atoms with E-state index in [1.807, 2.05) is 0 Å². The molecule has 0 saturated carbocycles. The largest absolute Gasteiger partial charge is 0.0616 e.